The molecular formula is C23H30ClFN4O3S. The molecule has 2 aromatic carbocycles. The van der Waals surface area contributed by atoms with Crippen LogP contribution in [0.4, 0.5) is 15.8 Å². The third-order valence-corrected chi connectivity index (χ3v) is 8.27. The van der Waals surface area contributed by atoms with Gasteiger partial charge in [0.15, 0.2) is 0 Å². The first-order chi connectivity index (χ1) is 15.7. The second-order valence-electron chi connectivity index (χ2n) is 7.74. The van der Waals surface area contributed by atoms with Crippen molar-refractivity contribution >= 4 is 38.9 Å². The monoisotopic (exact) mass is 496 g/mol. The number of halogens is 2. The highest BCUT2D eigenvalue weighted by Gasteiger charge is 2.26. The predicted octanol–water partition coefficient (Wildman–Crippen LogP) is 3.90. The van der Waals surface area contributed by atoms with Crippen LogP contribution in [-0.4, -0.2) is 69.3 Å². The van der Waals surface area contributed by atoms with Gasteiger partial charge in [0.1, 0.15) is 5.82 Å². The highest BCUT2D eigenvalue weighted by Crippen LogP contribution is 2.32. The molecule has 1 N–H and O–H groups in total. The number of amides is 1. The third kappa shape index (κ3) is 5.48. The number of piperazine rings is 1. The molecule has 1 heterocycles. The minimum absolute atomic E-state index is 0.0162. The van der Waals surface area contributed by atoms with E-state index in [4.69, 9.17) is 11.6 Å². The van der Waals surface area contributed by atoms with E-state index in [0.29, 0.717) is 24.5 Å². The molecule has 33 heavy (non-hydrogen) atoms. The zero-order chi connectivity index (χ0) is 24.2. The predicted molar refractivity (Wildman–Crippen MR) is 130 cm³/mol. The van der Waals surface area contributed by atoms with E-state index in [1.807, 2.05) is 0 Å². The van der Waals surface area contributed by atoms with Crippen LogP contribution in [0.3, 0.4) is 0 Å². The van der Waals surface area contributed by atoms with Crippen molar-refractivity contribution in [1.82, 2.24) is 9.21 Å². The minimum Gasteiger partial charge on any atom is -0.367 e. The zero-order valence-electron chi connectivity index (χ0n) is 19.1. The van der Waals surface area contributed by atoms with Gasteiger partial charge in [0, 0.05) is 39.3 Å². The molecule has 0 atom stereocenters. The number of hydrogen-bond acceptors (Lipinski definition) is 5. The van der Waals surface area contributed by atoms with Crippen LogP contribution in [0.25, 0.3) is 0 Å². The van der Waals surface area contributed by atoms with E-state index in [9.17, 15) is 17.6 Å². The number of likely N-dealkylation sites (N-methyl/N-ethyl adjacent to an activating group) is 1. The van der Waals surface area contributed by atoms with Crippen LogP contribution in [0.15, 0.2) is 41.3 Å². The maximum absolute atomic E-state index is 14.3. The molecule has 1 fully saturated rings. The normalized spacial score (nSPS) is 15.2. The Morgan fingerprint density at radius 3 is 2.33 bits per heavy atom. The number of nitrogens with one attached hydrogen (secondary N) is 1. The van der Waals surface area contributed by atoms with Crippen LogP contribution in [-0.2, 0) is 10.0 Å². The fraction of sp³-hybridized carbons (Fsp3) is 0.435. The molecule has 0 spiro atoms. The number of carbonyl (C=O) groups is 1. The van der Waals surface area contributed by atoms with E-state index < -0.39 is 21.7 Å². The van der Waals surface area contributed by atoms with Crippen molar-refractivity contribution < 1.29 is 17.6 Å². The largest absolute Gasteiger partial charge is 0.367 e. The molecule has 0 radical (unpaired) electrons. The standard InChI is InChI=1S/C23H30ClFN4O3S/c1-4-27-12-14-28(15-13-27)21-11-10-17(33(31,32)29(5-2)6-3)16-20(21)26-23(30)22-18(24)8-7-9-19(22)25/h7-11,16H,4-6,12-15H2,1-3H3,(H,26,30). The van der Waals surface area contributed by atoms with Gasteiger partial charge in [0.25, 0.3) is 5.91 Å². The molecule has 7 nitrogen and oxygen atoms in total. The molecule has 1 aliphatic heterocycles. The fourth-order valence-electron chi connectivity index (χ4n) is 3.97. The molecule has 10 heteroatoms. The van der Waals surface area contributed by atoms with Gasteiger partial charge >= 0.3 is 0 Å². The molecule has 0 unspecified atom stereocenters. The van der Waals surface area contributed by atoms with E-state index >= 15 is 0 Å². The van der Waals surface area contributed by atoms with Crippen molar-refractivity contribution in [2.24, 2.45) is 0 Å². The number of benzene rings is 2. The van der Waals surface area contributed by atoms with Crippen LogP contribution in [0.1, 0.15) is 31.1 Å². The van der Waals surface area contributed by atoms with E-state index in [1.165, 1.54) is 22.5 Å². The number of sulfonamides is 1. The Morgan fingerprint density at radius 1 is 1.09 bits per heavy atom. The van der Waals surface area contributed by atoms with Crippen molar-refractivity contribution in [3.8, 4) is 0 Å². The molecule has 2 aromatic rings. The Balaban J connectivity index is 2.02. The first-order valence-electron chi connectivity index (χ1n) is 11.1. The van der Waals surface area contributed by atoms with Crippen LogP contribution < -0.4 is 10.2 Å². The number of hydrogen-bond donors (Lipinski definition) is 1. The molecule has 1 aliphatic rings. The average molecular weight is 497 g/mol. The molecule has 1 saturated heterocycles. The maximum Gasteiger partial charge on any atom is 0.260 e. The fourth-order valence-corrected chi connectivity index (χ4v) is 5.70. The molecule has 0 aromatic heterocycles. The van der Waals surface area contributed by atoms with Gasteiger partial charge in [-0.25, -0.2) is 12.8 Å². The molecule has 0 aliphatic carbocycles. The first-order valence-corrected chi connectivity index (χ1v) is 12.9. The summed E-state index contributed by atoms with van der Waals surface area (Å²) < 4.78 is 41.9. The molecule has 180 valence electrons. The van der Waals surface area contributed by atoms with Gasteiger partial charge in [-0.3, -0.25) is 4.79 Å². The van der Waals surface area contributed by atoms with Crippen molar-refractivity contribution in [2.75, 3.05) is 56.0 Å². The lowest BCUT2D eigenvalue weighted by molar-refractivity contribution is 0.102. The first kappa shape index (κ1) is 25.4. The number of rotatable bonds is 8. The van der Waals surface area contributed by atoms with Crippen LogP contribution >= 0.6 is 11.6 Å². The molecule has 0 bridgehead atoms. The van der Waals surface area contributed by atoms with Crippen molar-refractivity contribution in [2.45, 2.75) is 25.7 Å². The van der Waals surface area contributed by atoms with Crippen LogP contribution in [0, 0.1) is 5.82 Å². The van der Waals surface area contributed by atoms with Crippen molar-refractivity contribution in [1.29, 1.82) is 0 Å². The maximum atomic E-state index is 14.3. The lowest BCUT2D eigenvalue weighted by Crippen LogP contribution is -2.46. The Labute approximate surface area is 200 Å². The van der Waals surface area contributed by atoms with Gasteiger partial charge in [-0.2, -0.15) is 4.31 Å². The van der Waals surface area contributed by atoms with E-state index in [2.05, 4.69) is 22.0 Å². The number of anilines is 2. The molecule has 3 rings (SSSR count). The third-order valence-electron chi connectivity index (χ3n) is 5.91. The molecular weight excluding hydrogens is 467 g/mol. The summed E-state index contributed by atoms with van der Waals surface area (Å²) in [5, 5.41) is 2.70. The van der Waals surface area contributed by atoms with Gasteiger partial charge in [-0.05, 0) is 36.9 Å². The van der Waals surface area contributed by atoms with E-state index in [1.54, 1.807) is 26.0 Å². The van der Waals surface area contributed by atoms with Gasteiger partial charge in [-0.1, -0.05) is 38.4 Å². The Morgan fingerprint density at radius 2 is 1.76 bits per heavy atom. The van der Waals surface area contributed by atoms with Crippen molar-refractivity contribution in [3.63, 3.8) is 0 Å². The lowest BCUT2D eigenvalue weighted by Gasteiger charge is -2.36. The molecule has 0 saturated carbocycles. The van der Waals surface area contributed by atoms with Gasteiger partial charge < -0.3 is 15.1 Å². The summed E-state index contributed by atoms with van der Waals surface area (Å²) in [6.07, 6.45) is 0. The van der Waals surface area contributed by atoms with E-state index in [-0.39, 0.29) is 15.5 Å². The van der Waals surface area contributed by atoms with Crippen LogP contribution in [0.5, 0.6) is 0 Å². The van der Waals surface area contributed by atoms with Gasteiger partial charge in [-0.15, -0.1) is 0 Å². The van der Waals surface area contributed by atoms with E-state index in [0.717, 1.165) is 38.8 Å². The summed E-state index contributed by atoms with van der Waals surface area (Å²) in [6, 6.07) is 8.72. The quantitative estimate of drug-likeness (QED) is 0.600. The van der Waals surface area contributed by atoms with Crippen molar-refractivity contribution in [3.05, 3.63) is 52.8 Å². The summed E-state index contributed by atoms with van der Waals surface area (Å²) in [5.41, 5.74) is 0.709. The van der Waals surface area contributed by atoms with Gasteiger partial charge in [0.2, 0.25) is 10.0 Å². The average Bonchev–Trinajstić information content (AvgIpc) is 2.79. The summed E-state index contributed by atoms with van der Waals surface area (Å²) >= 11 is 6.07. The van der Waals surface area contributed by atoms with Crippen LogP contribution in [0.2, 0.25) is 5.02 Å². The minimum atomic E-state index is -3.75. The second kappa shape index (κ2) is 10.8. The zero-order valence-corrected chi connectivity index (χ0v) is 20.7. The highest BCUT2D eigenvalue weighted by molar-refractivity contribution is 7.89. The van der Waals surface area contributed by atoms with Gasteiger partial charge in [0.05, 0.1) is 26.9 Å². The molecule has 1 amide bonds. The summed E-state index contributed by atoms with van der Waals surface area (Å²) in [5.74, 6) is -1.48. The number of carbonyl (C=O) groups excluding carboxylic acids is 1. The summed E-state index contributed by atoms with van der Waals surface area (Å²) in [4.78, 5) is 17.4. The second-order valence-corrected chi connectivity index (χ2v) is 10.1. The smallest absolute Gasteiger partial charge is 0.260 e. The topological polar surface area (TPSA) is 73.0 Å². The summed E-state index contributed by atoms with van der Waals surface area (Å²) in [6.45, 7) is 10.4. The summed E-state index contributed by atoms with van der Waals surface area (Å²) in [7, 11) is -3.75. The lowest BCUT2D eigenvalue weighted by atomic mass is 10.1. The Bertz CT molecular complexity index is 1080. The SMILES string of the molecule is CCN1CCN(c2ccc(S(=O)(=O)N(CC)CC)cc2NC(=O)c2c(F)cccc2Cl)CC1. The highest BCUT2D eigenvalue weighted by atomic mass is 35.5. The Hall–Kier alpha value is -2.20. The number of nitrogens with zero attached hydrogens (tertiary/aromatic N) is 3. The Kier molecular flexibility index (Phi) is 8.33.